The first-order chi connectivity index (χ1) is 14.6. The Morgan fingerprint density at radius 1 is 1.23 bits per heavy atom. The van der Waals surface area contributed by atoms with E-state index in [9.17, 15) is 14.7 Å². The van der Waals surface area contributed by atoms with E-state index >= 15 is 0 Å². The first-order valence-electron chi connectivity index (χ1n) is 12.3. The third kappa shape index (κ3) is 4.55. The number of hydrogen-bond donors (Lipinski definition) is 1. The van der Waals surface area contributed by atoms with Crippen molar-refractivity contribution in [1.82, 2.24) is 0 Å². The average molecular weight is 433 g/mol. The lowest BCUT2D eigenvalue weighted by molar-refractivity contribution is -0.140. The van der Waals surface area contributed by atoms with E-state index in [0.29, 0.717) is 29.6 Å². The van der Waals surface area contributed by atoms with Crippen LogP contribution in [0.5, 0.6) is 0 Å². The Morgan fingerprint density at radius 3 is 2.42 bits per heavy atom. The Bertz CT molecular complexity index is 717. The lowest BCUT2D eigenvalue weighted by Crippen LogP contribution is -2.57. The number of methoxy groups -OCH3 is 1. The predicted molar refractivity (Wildman–Crippen MR) is 125 cm³/mol. The van der Waals surface area contributed by atoms with Gasteiger partial charge in [0.05, 0.1) is 13.2 Å². The Balaban J connectivity index is 0.000000372. The van der Waals surface area contributed by atoms with Gasteiger partial charge in [-0.1, -0.05) is 60.1 Å². The highest BCUT2D eigenvalue weighted by atomic mass is 16.5. The molecule has 1 N–H and O–H groups in total. The molecule has 0 aromatic carbocycles. The predicted octanol–water partition coefficient (Wildman–Crippen LogP) is 5.74. The Morgan fingerprint density at radius 2 is 1.87 bits per heavy atom. The molecule has 31 heavy (non-hydrogen) atoms. The van der Waals surface area contributed by atoms with Crippen LogP contribution >= 0.6 is 0 Å². The fourth-order valence-corrected chi connectivity index (χ4v) is 7.14. The van der Waals surface area contributed by atoms with Crippen LogP contribution in [0.1, 0.15) is 80.6 Å². The zero-order valence-electron chi connectivity index (χ0n) is 20.9. The molecule has 0 spiro atoms. The van der Waals surface area contributed by atoms with Crippen LogP contribution in [0.4, 0.5) is 0 Å². The smallest absolute Gasteiger partial charge is 0.305 e. The SMILES string of the molecule is CC.CC1CC[C@H]2C3C[C@H](C)C4=CC(=O)C=CC4(C)[C@H]3C(O)CC12C.CCC(=O)OC. The topological polar surface area (TPSA) is 63.6 Å². The van der Waals surface area contributed by atoms with Gasteiger partial charge in [0.15, 0.2) is 5.78 Å². The molecule has 0 saturated heterocycles. The lowest BCUT2D eigenvalue weighted by Gasteiger charge is -2.60. The van der Waals surface area contributed by atoms with Gasteiger partial charge < -0.3 is 9.84 Å². The second-order valence-corrected chi connectivity index (χ2v) is 10.2. The first kappa shape index (κ1) is 25.8. The average Bonchev–Trinajstić information content (AvgIpc) is 3.04. The molecule has 4 heteroatoms. The maximum atomic E-state index is 11.9. The molecule has 0 bridgehead atoms. The van der Waals surface area contributed by atoms with E-state index in [2.05, 4.69) is 38.5 Å². The number of aliphatic hydroxyl groups excluding tert-OH is 1. The normalized spacial score (nSPS) is 42.5. The van der Waals surface area contributed by atoms with Crippen LogP contribution in [0.15, 0.2) is 23.8 Å². The number of fused-ring (bicyclic) bond motifs is 5. The molecule has 0 aliphatic heterocycles. The van der Waals surface area contributed by atoms with Crippen molar-refractivity contribution < 1.29 is 19.4 Å². The zero-order chi connectivity index (χ0) is 23.6. The molecule has 4 aliphatic rings. The van der Waals surface area contributed by atoms with Crippen molar-refractivity contribution in [2.45, 2.75) is 86.7 Å². The zero-order valence-corrected chi connectivity index (χ0v) is 20.9. The van der Waals surface area contributed by atoms with Crippen molar-refractivity contribution in [3.63, 3.8) is 0 Å². The van der Waals surface area contributed by atoms with E-state index in [1.54, 1.807) is 13.0 Å². The summed E-state index contributed by atoms with van der Waals surface area (Å²) in [5, 5.41) is 11.1. The second-order valence-electron chi connectivity index (χ2n) is 10.2. The molecule has 4 aliphatic carbocycles. The molecule has 3 fully saturated rings. The molecule has 0 amide bonds. The minimum absolute atomic E-state index is 0.118. The van der Waals surface area contributed by atoms with E-state index in [1.807, 2.05) is 19.9 Å². The van der Waals surface area contributed by atoms with Crippen molar-refractivity contribution in [3.05, 3.63) is 23.8 Å². The van der Waals surface area contributed by atoms with E-state index in [0.717, 1.165) is 18.8 Å². The van der Waals surface area contributed by atoms with Gasteiger partial charge in [0.2, 0.25) is 0 Å². The Labute approximate surface area is 189 Å². The summed E-state index contributed by atoms with van der Waals surface area (Å²) in [6.07, 6.45) is 10.6. The fourth-order valence-electron chi connectivity index (χ4n) is 7.14. The minimum atomic E-state index is -0.249. The van der Waals surface area contributed by atoms with Gasteiger partial charge in [-0.15, -0.1) is 0 Å². The van der Waals surface area contributed by atoms with E-state index < -0.39 is 0 Å². The molecule has 3 saturated carbocycles. The van der Waals surface area contributed by atoms with Crippen LogP contribution in [-0.2, 0) is 14.3 Å². The van der Waals surface area contributed by atoms with Gasteiger partial charge in [-0.3, -0.25) is 9.59 Å². The number of esters is 1. The number of carbonyl (C=O) groups is 2. The quantitative estimate of drug-likeness (QED) is 0.536. The van der Waals surface area contributed by atoms with E-state index in [1.165, 1.54) is 25.5 Å². The third-order valence-corrected chi connectivity index (χ3v) is 8.80. The van der Waals surface area contributed by atoms with Gasteiger partial charge in [0, 0.05) is 17.8 Å². The van der Waals surface area contributed by atoms with Crippen LogP contribution in [-0.4, -0.2) is 30.1 Å². The summed E-state index contributed by atoms with van der Waals surface area (Å²) in [6, 6.07) is 0. The number of hydrogen-bond acceptors (Lipinski definition) is 4. The summed E-state index contributed by atoms with van der Waals surface area (Å²) in [6.45, 7) is 15.1. The maximum Gasteiger partial charge on any atom is 0.305 e. The summed E-state index contributed by atoms with van der Waals surface area (Å²) >= 11 is 0. The van der Waals surface area contributed by atoms with Crippen molar-refractivity contribution in [3.8, 4) is 0 Å². The van der Waals surface area contributed by atoms with Gasteiger partial charge in [0.25, 0.3) is 0 Å². The monoisotopic (exact) mass is 432 g/mol. The van der Waals surface area contributed by atoms with Crippen molar-refractivity contribution in [1.29, 1.82) is 0 Å². The number of carbonyl (C=O) groups excluding carboxylic acids is 2. The minimum Gasteiger partial charge on any atom is -0.469 e. The number of allylic oxidation sites excluding steroid dienone is 4. The summed E-state index contributed by atoms with van der Waals surface area (Å²) in [4.78, 5) is 21.9. The van der Waals surface area contributed by atoms with E-state index in [-0.39, 0.29) is 29.2 Å². The summed E-state index contributed by atoms with van der Waals surface area (Å²) < 4.78 is 4.26. The number of aliphatic hydroxyl groups is 1. The van der Waals surface area contributed by atoms with Crippen LogP contribution in [0.3, 0.4) is 0 Å². The molecule has 0 aromatic rings. The summed E-state index contributed by atoms with van der Waals surface area (Å²) in [7, 11) is 1.38. The molecule has 8 atom stereocenters. The number of ketones is 1. The van der Waals surface area contributed by atoms with Crippen LogP contribution < -0.4 is 0 Å². The van der Waals surface area contributed by atoms with Crippen molar-refractivity contribution in [2.75, 3.05) is 7.11 Å². The summed E-state index contributed by atoms with van der Waals surface area (Å²) in [5.41, 5.74) is 1.43. The molecular weight excluding hydrogens is 388 g/mol. The highest BCUT2D eigenvalue weighted by Gasteiger charge is 2.61. The molecule has 0 heterocycles. The van der Waals surface area contributed by atoms with Crippen molar-refractivity contribution in [2.24, 2.45) is 40.4 Å². The van der Waals surface area contributed by atoms with Crippen LogP contribution in [0, 0.1) is 40.4 Å². The van der Waals surface area contributed by atoms with Crippen molar-refractivity contribution >= 4 is 11.8 Å². The molecule has 0 aromatic heterocycles. The first-order valence-corrected chi connectivity index (χ1v) is 12.3. The lowest BCUT2D eigenvalue weighted by atomic mass is 9.45. The van der Waals surface area contributed by atoms with Gasteiger partial charge in [-0.2, -0.15) is 0 Å². The third-order valence-electron chi connectivity index (χ3n) is 8.80. The highest BCUT2D eigenvalue weighted by Crippen LogP contribution is 2.66. The van der Waals surface area contributed by atoms with Gasteiger partial charge in [-0.25, -0.2) is 0 Å². The Kier molecular flexibility index (Phi) is 8.35. The summed E-state index contributed by atoms with van der Waals surface area (Å²) in [5.74, 6) is 2.72. The number of ether oxygens (including phenoxy) is 1. The van der Waals surface area contributed by atoms with Gasteiger partial charge in [0.1, 0.15) is 0 Å². The van der Waals surface area contributed by atoms with Crippen LogP contribution in [0.25, 0.3) is 0 Å². The fraction of sp³-hybridized carbons (Fsp3) is 0.778. The van der Waals surface area contributed by atoms with E-state index in [4.69, 9.17) is 0 Å². The highest BCUT2D eigenvalue weighted by molar-refractivity contribution is 6.01. The molecule has 5 unspecified atom stereocenters. The van der Waals surface area contributed by atoms with Crippen LogP contribution in [0.2, 0.25) is 0 Å². The second kappa shape index (κ2) is 10.0. The number of rotatable bonds is 1. The molecule has 4 nitrogen and oxygen atoms in total. The van der Waals surface area contributed by atoms with Gasteiger partial charge >= 0.3 is 5.97 Å². The maximum absolute atomic E-state index is 11.9. The molecule has 4 rings (SSSR count). The molecule has 0 radical (unpaired) electrons. The van der Waals surface area contributed by atoms with Gasteiger partial charge in [-0.05, 0) is 66.9 Å². The largest absolute Gasteiger partial charge is 0.469 e. The standard InChI is InChI=1S/C21H30O2.C4H8O2.C2H6/c1-12-9-15-16-6-5-13(2)21(16,4)11-18(23)19(15)20(3)8-7-14(22)10-17(12)20;1-3-4(5)6-2;1-2/h7-8,10,12-13,15-16,18-19,23H,5-6,9,11H2,1-4H3;3H2,1-2H3;1-2H3/t12-,13?,15?,16-,18?,19+,20?,21?;;/m0../s1. The molecule has 176 valence electrons. The molecular formula is C27H44O4. The Hall–Kier alpha value is -1.42.